The number of furan rings is 1. The fourth-order valence-electron chi connectivity index (χ4n) is 7.42. The van der Waals surface area contributed by atoms with E-state index in [1.807, 2.05) is 24.3 Å². The van der Waals surface area contributed by atoms with Crippen LogP contribution in [-0.2, 0) is 12.8 Å². The molecule has 0 amide bonds. The zero-order valence-corrected chi connectivity index (χ0v) is 26.8. The lowest BCUT2D eigenvalue weighted by molar-refractivity contribution is -0.0889. The number of ketones is 1. The number of rotatable bonds is 10. The molecular formula is C36H47NO6S. The first-order chi connectivity index (χ1) is 21.1. The van der Waals surface area contributed by atoms with E-state index in [2.05, 4.69) is 36.3 Å². The van der Waals surface area contributed by atoms with Gasteiger partial charge in [-0.2, -0.15) is 0 Å². The third-order valence-corrected chi connectivity index (χ3v) is 11.0. The van der Waals surface area contributed by atoms with Crippen LogP contribution in [-0.4, -0.2) is 75.2 Å². The van der Waals surface area contributed by atoms with Crippen LogP contribution >= 0.6 is 11.3 Å². The van der Waals surface area contributed by atoms with Crippen molar-refractivity contribution in [2.24, 2.45) is 5.41 Å². The SMILES string of the molecule is CC1=CCCC2(C)C(CCC2(O)CN(CCc2cccs2)CC(O)CO)c2ccc(cc2C(=O)c2ccco2)CC(O)CC1. The number of carbonyl (C=O) groups is 1. The van der Waals surface area contributed by atoms with Crippen molar-refractivity contribution in [1.82, 2.24) is 4.90 Å². The molecule has 1 fully saturated rings. The van der Waals surface area contributed by atoms with Crippen molar-refractivity contribution in [3.05, 3.63) is 93.1 Å². The molecule has 2 bridgehead atoms. The number of aliphatic hydroxyl groups excluding tert-OH is 3. The summed E-state index contributed by atoms with van der Waals surface area (Å²) in [6, 6.07) is 13.5. The van der Waals surface area contributed by atoms with Crippen LogP contribution in [0.15, 0.2) is 70.2 Å². The van der Waals surface area contributed by atoms with Gasteiger partial charge >= 0.3 is 0 Å². The average Bonchev–Trinajstić information content (AvgIpc) is 3.77. The van der Waals surface area contributed by atoms with Crippen molar-refractivity contribution in [3.8, 4) is 0 Å². The summed E-state index contributed by atoms with van der Waals surface area (Å²) in [6.07, 6.45) is 7.76. The number of hydrogen-bond acceptors (Lipinski definition) is 8. The Bertz CT molecular complexity index is 1400. The predicted octanol–water partition coefficient (Wildman–Crippen LogP) is 5.51. The Hall–Kier alpha value is -2.59. The number of nitrogens with zero attached hydrogens (tertiary/aromatic N) is 1. The topological polar surface area (TPSA) is 114 Å². The second kappa shape index (κ2) is 14.2. The van der Waals surface area contributed by atoms with Crippen LogP contribution in [0.4, 0.5) is 0 Å². The van der Waals surface area contributed by atoms with Crippen molar-refractivity contribution in [2.75, 3.05) is 26.2 Å². The molecule has 0 radical (unpaired) electrons. The molecule has 2 aromatic heterocycles. The Morgan fingerprint density at radius 3 is 2.75 bits per heavy atom. The quantitative estimate of drug-likeness (QED) is 0.174. The molecular weight excluding hydrogens is 574 g/mol. The molecule has 1 aromatic carbocycles. The van der Waals surface area contributed by atoms with Gasteiger partial charge in [0.25, 0.3) is 0 Å². The fraction of sp³-hybridized carbons (Fsp3) is 0.528. The first kappa shape index (κ1) is 32.8. The summed E-state index contributed by atoms with van der Waals surface area (Å²) in [5, 5.41) is 45.7. The Kier molecular flexibility index (Phi) is 10.6. The lowest BCUT2D eigenvalue weighted by Gasteiger charge is -2.46. The first-order valence-electron chi connectivity index (χ1n) is 15.9. The third kappa shape index (κ3) is 7.27. The summed E-state index contributed by atoms with van der Waals surface area (Å²) in [4.78, 5) is 17.2. The van der Waals surface area contributed by atoms with E-state index >= 15 is 0 Å². The van der Waals surface area contributed by atoms with Crippen LogP contribution in [0.5, 0.6) is 0 Å². The van der Waals surface area contributed by atoms with Gasteiger partial charge in [-0.25, -0.2) is 0 Å². The molecule has 1 saturated carbocycles. The highest BCUT2D eigenvalue weighted by Crippen LogP contribution is 2.58. The molecule has 44 heavy (non-hydrogen) atoms. The largest absolute Gasteiger partial charge is 0.461 e. The van der Waals surface area contributed by atoms with Crippen molar-refractivity contribution in [3.63, 3.8) is 0 Å². The van der Waals surface area contributed by atoms with E-state index in [0.29, 0.717) is 50.8 Å². The summed E-state index contributed by atoms with van der Waals surface area (Å²) >= 11 is 1.69. The maximum Gasteiger partial charge on any atom is 0.228 e. The summed E-state index contributed by atoms with van der Waals surface area (Å²) in [7, 11) is 0. The molecule has 3 aliphatic rings. The monoisotopic (exact) mass is 621 g/mol. The van der Waals surface area contributed by atoms with Gasteiger partial charge in [-0.05, 0) is 105 Å². The van der Waals surface area contributed by atoms with Crippen molar-refractivity contribution < 1.29 is 29.6 Å². The summed E-state index contributed by atoms with van der Waals surface area (Å²) in [5.74, 6) is -0.0131. The van der Waals surface area contributed by atoms with Crippen LogP contribution in [0.25, 0.3) is 0 Å². The van der Waals surface area contributed by atoms with Crippen molar-refractivity contribution in [2.45, 2.75) is 88.9 Å². The van der Waals surface area contributed by atoms with Gasteiger partial charge in [-0.15, -0.1) is 11.3 Å². The van der Waals surface area contributed by atoms with Gasteiger partial charge in [0.15, 0.2) is 5.76 Å². The molecule has 3 aromatic rings. The molecule has 0 aliphatic heterocycles. The van der Waals surface area contributed by atoms with E-state index in [1.165, 1.54) is 16.7 Å². The molecule has 238 valence electrons. The van der Waals surface area contributed by atoms with Crippen molar-refractivity contribution in [1.29, 1.82) is 0 Å². The van der Waals surface area contributed by atoms with Gasteiger partial charge in [0, 0.05) is 35.5 Å². The third-order valence-electron chi connectivity index (χ3n) is 10.1. The zero-order chi connectivity index (χ0) is 31.3. The smallest absolute Gasteiger partial charge is 0.228 e. The van der Waals surface area contributed by atoms with Crippen molar-refractivity contribution >= 4 is 17.1 Å². The second-order valence-corrected chi connectivity index (χ2v) is 14.2. The molecule has 6 rings (SSSR count). The molecule has 5 atom stereocenters. The molecule has 0 spiro atoms. The number of fused-ring (bicyclic) bond motifs is 8. The van der Waals surface area contributed by atoms with Crippen LogP contribution in [0, 0.1) is 5.41 Å². The molecule has 5 unspecified atom stereocenters. The molecule has 8 heteroatoms. The number of hydrogen-bond donors (Lipinski definition) is 4. The standard InChI is InChI=1S/C36H47NO6S/c1-25-6-3-15-35(2)32(13-16-36(35,42)24-37(22-28(40)23-38)17-14-29-7-5-19-44-29)30-12-10-26(20-27(39)11-9-25)21-31(30)34(41)33-8-4-18-43-33/h4-8,10,12,18-19,21,27-28,32,38-40,42H,3,9,11,13-17,20,22-24H2,1-2H3. The minimum absolute atomic E-state index is 0.0982. The molecule has 3 aliphatic carbocycles. The van der Waals surface area contributed by atoms with Gasteiger partial charge in [-0.1, -0.05) is 36.8 Å². The highest BCUT2D eigenvalue weighted by molar-refractivity contribution is 7.09. The van der Waals surface area contributed by atoms with Crippen LogP contribution < -0.4 is 0 Å². The minimum Gasteiger partial charge on any atom is -0.461 e. The predicted molar refractivity (Wildman–Crippen MR) is 173 cm³/mol. The fourth-order valence-corrected chi connectivity index (χ4v) is 8.12. The molecule has 4 N–H and O–H groups in total. The number of allylic oxidation sites excluding steroid dienone is 2. The summed E-state index contributed by atoms with van der Waals surface area (Å²) in [5.41, 5.74) is 1.93. The number of thiophene rings is 1. The first-order valence-corrected chi connectivity index (χ1v) is 16.8. The number of carbonyl (C=O) groups excluding carboxylic acids is 1. The Balaban J connectivity index is 1.54. The van der Waals surface area contributed by atoms with Gasteiger partial charge in [0.05, 0.1) is 30.7 Å². The minimum atomic E-state index is -1.10. The zero-order valence-electron chi connectivity index (χ0n) is 26.0. The van der Waals surface area contributed by atoms with Crippen LogP contribution in [0.1, 0.15) is 90.4 Å². The van der Waals surface area contributed by atoms with E-state index in [-0.39, 0.29) is 30.6 Å². The van der Waals surface area contributed by atoms with E-state index in [1.54, 1.807) is 23.5 Å². The molecule has 0 saturated heterocycles. The number of benzene rings is 1. The van der Waals surface area contributed by atoms with E-state index < -0.39 is 23.2 Å². The highest BCUT2D eigenvalue weighted by Gasteiger charge is 2.57. The Morgan fingerprint density at radius 1 is 1.18 bits per heavy atom. The summed E-state index contributed by atoms with van der Waals surface area (Å²) in [6.45, 7) is 5.21. The van der Waals surface area contributed by atoms with Crippen LogP contribution in [0.2, 0.25) is 0 Å². The molecule has 2 heterocycles. The van der Waals surface area contributed by atoms with Gasteiger partial charge in [-0.3, -0.25) is 9.69 Å². The maximum atomic E-state index is 13.9. The Labute approximate surface area is 264 Å². The normalized spacial score (nSPS) is 26.8. The maximum absolute atomic E-state index is 13.9. The van der Waals surface area contributed by atoms with E-state index in [0.717, 1.165) is 30.4 Å². The molecule has 7 nitrogen and oxygen atoms in total. The second-order valence-electron chi connectivity index (χ2n) is 13.2. The Morgan fingerprint density at radius 2 is 2.02 bits per heavy atom. The summed E-state index contributed by atoms with van der Waals surface area (Å²) < 4.78 is 5.54. The van der Waals surface area contributed by atoms with E-state index in [9.17, 15) is 25.2 Å². The lowest BCUT2D eigenvalue weighted by atomic mass is 9.64. The number of aliphatic hydroxyl groups is 4. The lowest BCUT2D eigenvalue weighted by Crippen LogP contribution is -2.54. The highest BCUT2D eigenvalue weighted by atomic mass is 32.1. The van der Waals surface area contributed by atoms with Gasteiger partial charge in [0.1, 0.15) is 0 Å². The van der Waals surface area contributed by atoms with Gasteiger partial charge < -0.3 is 24.8 Å². The average molecular weight is 622 g/mol. The van der Waals surface area contributed by atoms with Crippen LogP contribution in [0.3, 0.4) is 0 Å². The van der Waals surface area contributed by atoms with E-state index in [4.69, 9.17) is 4.42 Å². The van der Waals surface area contributed by atoms with Gasteiger partial charge in [0.2, 0.25) is 5.78 Å².